The topological polar surface area (TPSA) is 97.0 Å². The molecule has 2 N–H and O–H groups in total. The molecule has 0 aliphatic heterocycles. The fourth-order valence-electron chi connectivity index (χ4n) is 2.91. The molecule has 27 heavy (non-hydrogen) atoms. The molecular weight excluding hydrogens is 364 g/mol. The number of aryl methyl sites for hydroxylation is 1. The molecule has 7 nitrogen and oxygen atoms in total. The summed E-state index contributed by atoms with van der Waals surface area (Å²) < 4.78 is 34.3. The third-order valence-electron chi connectivity index (χ3n) is 4.48. The van der Waals surface area contributed by atoms with Gasteiger partial charge in [-0.25, -0.2) is 13.4 Å². The standard InChI is InChI=1S/C19H22N4O3S/c1-12-13(2)17(11-10-16(12)26-4)27(24,25)23-18(15-8-6-5-7-9-15)19-20-14(3)21-22-19/h5-11,18,23H,1-4H3,(H,20,21,22). The Balaban J connectivity index is 2.04. The summed E-state index contributed by atoms with van der Waals surface area (Å²) in [7, 11) is -2.26. The van der Waals surface area contributed by atoms with Crippen LogP contribution in [-0.4, -0.2) is 30.7 Å². The summed E-state index contributed by atoms with van der Waals surface area (Å²) in [4.78, 5) is 4.52. The van der Waals surface area contributed by atoms with Crippen LogP contribution in [0.2, 0.25) is 0 Å². The van der Waals surface area contributed by atoms with Crippen LogP contribution in [-0.2, 0) is 10.0 Å². The second-order valence-electron chi connectivity index (χ2n) is 6.26. The summed E-state index contributed by atoms with van der Waals surface area (Å²) in [5.74, 6) is 1.63. The summed E-state index contributed by atoms with van der Waals surface area (Å²) in [5.41, 5.74) is 2.17. The van der Waals surface area contributed by atoms with Crippen molar-refractivity contribution in [3.8, 4) is 5.75 Å². The molecular formula is C19H22N4O3S. The number of benzene rings is 2. The molecule has 8 heteroatoms. The predicted molar refractivity (Wildman–Crippen MR) is 102 cm³/mol. The fourth-order valence-corrected chi connectivity index (χ4v) is 4.39. The second kappa shape index (κ2) is 7.50. The van der Waals surface area contributed by atoms with E-state index >= 15 is 0 Å². The Labute approximate surface area is 158 Å². The molecule has 3 rings (SSSR count). The van der Waals surface area contributed by atoms with E-state index < -0.39 is 16.1 Å². The number of nitrogens with zero attached hydrogens (tertiary/aromatic N) is 2. The number of rotatable bonds is 6. The lowest BCUT2D eigenvalue weighted by Crippen LogP contribution is -2.31. The molecule has 0 fully saturated rings. The highest BCUT2D eigenvalue weighted by Crippen LogP contribution is 2.29. The number of nitrogens with one attached hydrogen (secondary N) is 2. The smallest absolute Gasteiger partial charge is 0.241 e. The van der Waals surface area contributed by atoms with Crippen LogP contribution in [0.5, 0.6) is 5.75 Å². The van der Waals surface area contributed by atoms with Gasteiger partial charge < -0.3 is 4.74 Å². The third-order valence-corrected chi connectivity index (χ3v) is 6.04. The Bertz CT molecular complexity index is 1050. The van der Waals surface area contributed by atoms with Crippen molar-refractivity contribution >= 4 is 10.0 Å². The number of aromatic nitrogens is 3. The van der Waals surface area contributed by atoms with Crippen molar-refractivity contribution in [2.24, 2.45) is 0 Å². The Morgan fingerprint density at radius 3 is 2.33 bits per heavy atom. The summed E-state index contributed by atoms with van der Waals surface area (Å²) in [6.45, 7) is 5.37. The monoisotopic (exact) mass is 386 g/mol. The maximum absolute atomic E-state index is 13.2. The number of hydrogen-bond donors (Lipinski definition) is 2. The lowest BCUT2D eigenvalue weighted by atomic mass is 10.1. The van der Waals surface area contributed by atoms with Crippen LogP contribution in [0.1, 0.15) is 34.4 Å². The first-order valence-corrected chi connectivity index (χ1v) is 9.92. The van der Waals surface area contributed by atoms with Gasteiger partial charge in [0.15, 0.2) is 5.82 Å². The van der Waals surface area contributed by atoms with Crippen LogP contribution < -0.4 is 9.46 Å². The fraction of sp³-hybridized carbons (Fsp3) is 0.263. The quantitative estimate of drug-likeness (QED) is 0.679. The lowest BCUT2D eigenvalue weighted by molar-refractivity contribution is 0.410. The van der Waals surface area contributed by atoms with Gasteiger partial charge in [-0.1, -0.05) is 30.3 Å². The Morgan fingerprint density at radius 1 is 1.04 bits per heavy atom. The van der Waals surface area contributed by atoms with E-state index in [0.717, 1.165) is 11.1 Å². The molecule has 0 saturated heterocycles. The van der Waals surface area contributed by atoms with Gasteiger partial charge in [0, 0.05) is 0 Å². The zero-order chi connectivity index (χ0) is 19.6. The van der Waals surface area contributed by atoms with Crippen molar-refractivity contribution in [1.82, 2.24) is 19.9 Å². The van der Waals surface area contributed by atoms with E-state index in [9.17, 15) is 8.42 Å². The number of ether oxygens (including phenoxy) is 1. The molecule has 0 aliphatic rings. The summed E-state index contributed by atoms with van der Waals surface area (Å²) in [5, 5.41) is 6.92. The maximum Gasteiger partial charge on any atom is 0.241 e. The molecule has 1 unspecified atom stereocenters. The zero-order valence-corrected chi connectivity index (χ0v) is 16.5. The van der Waals surface area contributed by atoms with Crippen LogP contribution in [0, 0.1) is 20.8 Å². The molecule has 0 bridgehead atoms. The van der Waals surface area contributed by atoms with Crippen molar-refractivity contribution in [1.29, 1.82) is 0 Å². The van der Waals surface area contributed by atoms with Gasteiger partial charge in [-0.15, -0.1) is 0 Å². The van der Waals surface area contributed by atoms with E-state index in [-0.39, 0.29) is 4.90 Å². The number of sulfonamides is 1. The van der Waals surface area contributed by atoms with Gasteiger partial charge in [0.05, 0.1) is 12.0 Å². The van der Waals surface area contributed by atoms with Crippen molar-refractivity contribution in [3.63, 3.8) is 0 Å². The molecule has 0 saturated carbocycles. The molecule has 0 aliphatic carbocycles. The molecule has 3 aromatic rings. The van der Waals surface area contributed by atoms with Crippen LogP contribution in [0.25, 0.3) is 0 Å². The highest BCUT2D eigenvalue weighted by molar-refractivity contribution is 7.89. The van der Waals surface area contributed by atoms with Crippen molar-refractivity contribution in [2.45, 2.75) is 31.7 Å². The van der Waals surface area contributed by atoms with E-state index in [2.05, 4.69) is 19.9 Å². The van der Waals surface area contributed by atoms with Gasteiger partial charge in [0.25, 0.3) is 0 Å². The van der Waals surface area contributed by atoms with Crippen molar-refractivity contribution in [3.05, 3.63) is 70.8 Å². The minimum absolute atomic E-state index is 0.203. The number of aromatic amines is 1. The SMILES string of the molecule is COc1ccc(S(=O)(=O)NC(c2ccccc2)c2n[nH]c(C)n2)c(C)c1C. The van der Waals surface area contributed by atoms with Gasteiger partial charge in [0.2, 0.25) is 10.0 Å². The highest BCUT2D eigenvalue weighted by atomic mass is 32.2. The summed E-state index contributed by atoms with van der Waals surface area (Å²) in [6, 6.07) is 11.7. The van der Waals surface area contributed by atoms with Crippen LogP contribution in [0.15, 0.2) is 47.4 Å². The molecule has 1 heterocycles. The number of methoxy groups -OCH3 is 1. The maximum atomic E-state index is 13.2. The molecule has 0 amide bonds. The van der Waals surface area contributed by atoms with Gasteiger partial charge in [-0.05, 0) is 49.6 Å². The second-order valence-corrected chi connectivity index (χ2v) is 7.94. The number of H-pyrrole nitrogens is 1. The third kappa shape index (κ3) is 3.86. The first-order valence-electron chi connectivity index (χ1n) is 8.44. The minimum Gasteiger partial charge on any atom is -0.496 e. The normalized spacial score (nSPS) is 12.7. The average Bonchev–Trinajstić information content (AvgIpc) is 3.08. The first-order chi connectivity index (χ1) is 12.8. The minimum atomic E-state index is -3.82. The molecule has 1 aromatic heterocycles. The highest BCUT2D eigenvalue weighted by Gasteiger charge is 2.27. The Hall–Kier alpha value is -2.71. The molecule has 142 valence electrons. The lowest BCUT2D eigenvalue weighted by Gasteiger charge is -2.19. The largest absolute Gasteiger partial charge is 0.496 e. The van der Waals surface area contributed by atoms with Gasteiger partial charge in [-0.3, -0.25) is 5.10 Å². The molecule has 0 spiro atoms. The van der Waals surface area contributed by atoms with Crippen LogP contribution in [0.4, 0.5) is 0 Å². The summed E-state index contributed by atoms with van der Waals surface area (Å²) >= 11 is 0. The van der Waals surface area contributed by atoms with E-state index in [1.165, 1.54) is 0 Å². The van der Waals surface area contributed by atoms with Crippen molar-refractivity contribution < 1.29 is 13.2 Å². The Kier molecular flexibility index (Phi) is 5.29. The van der Waals surface area contributed by atoms with E-state index in [4.69, 9.17) is 4.74 Å². The Morgan fingerprint density at radius 2 is 1.74 bits per heavy atom. The van der Waals surface area contributed by atoms with Gasteiger partial charge in [0.1, 0.15) is 17.6 Å². The summed E-state index contributed by atoms with van der Waals surface area (Å²) in [6.07, 6.45) is 0. The predicted octanol–water partition coefficient (Wildman–Crippen LogP) is 2.81. The van der Waals surface area contributed by atoms with E-state index in [0.29, 0.717) is 23.0 Å². The molecule has 0 radical (unpaired) electrons. The zero-order valence-electron chi connectivity index (χ0n) is 15.6. The van der Waals surface area contributed by atoms with Crippen LogP contribution in [0.3, 0.4) is 0 Å². The van der Waals surface area contributed by atoms with Crippen molar-refractivity contribution in [2.75, 3.05) is 7.11 Å². The van der Waals surface area contributed by atoms with E-state index in [1.807, 2.05) is 37.3 Å². The van der Waals surface area contributed by atoms with Gasteiger partial charge >= 0.3 is 0 Å². The number of hydrogen-bond acceptors (Lipinski definition) is 5. The molecule has 2 aromatic carbocycles. The first kappa shape index (κ1) is 19.1. The van der Waals surface area contributed by atoms with E-state index in [1.54, 1.807) is 33.1 Å². The average molecular weight is 386 g/mol. The molecule has 1 atom stereocenters. The van der Waals surface area contributed by atoms with Gasteiger partial charge in [-0.2, -0.15) is 9.82 Å². The van der Waals surface area contributed by atoms with Crippen LogP contribution >= 0.6 is 0 Å².